The molecule has 2 N–H and O–H groups in total. The maximum absolute atomic E-state index is 13.8. The molecule has 0 aliphatic carbocycles. The topological polar surface area (TPSA) is 76.8 Å². The van der Waals surface area contributed by atoms with Crippen molar-refractivity contribution >= 4 is 5.69 Å². The van der Waals surface area contributed by atoms with Crippen molar-refractivity contribution in [2.45, 2.75) is 13.0 Å². The fourth-order valence-corrected chi connectivity index (χ4v) is 1.62. The average molecular weight is 232 g/mol. The van der Waals surface area contributed by atoms with E-state index in [0.29, 0.717) is 5.56 Å². The van der Waals surface area contributed by atoms with Gasteiger partial charge in [0.1, 0.15) is 18.9 Å². The van der Waals surface area contributed by atoms with E-state index in [1.807, 2.05) is 12.1 Å². The van der Waals surface area contributed by atoms with Crippen molar-refractivity contribution in [3.63, 3.8) is 0 Å². The van der Waals surface area contributed by atoms with Gasteiger partial charge in [0.2, 0.25) is 0 Å². The van der Waals surface area contributed by atoms with Crippen LogP contribution in [0.25, 0.3) is 0 Å². The molecule has 0 fully saturated rings. The number of para-hydroxylation sites is 1. The first kappa shape index (κ1) is 13.0. The van der Waals surface area contributed by atoms with Gasteiger partial charge in [-0.3, -0.25) is 0 Å². The fourth-order valence-electron chi connectivity index (χ4n) is 1.62. The van der Waals surface area contributed by atoms with Crippen molar-refractivity contribution < 1.29 is 4.39 Å². The first-order valence-electron chi connectivity index (χ1n) is 5.14. The molecule has 0 heterocycles. The lowest BCUT2D eigenvalue weighted by molar-refractivity contribution is 0.617. The van der Waals surface area contributed by atoms with Crippen LogP contribution in [-0.4, -0.2) is 13.1 Å². The zero-order valence-corrected chi connectivity index (χ0v) is 9.52. The first-order valence-corrected chi connectivity index (χ1v) is 5.14. The Kier molecular flexibility index (Phi) is 4.45. The summed E-state index contributed by atoms with van der Waals surface area (Å²) in [5.74, 6) is -0.467. The Hall–Kier alpha value is -2.11. The molecule has 0 saturated heterocycles. The van der Waals surface area contributed by atoms with E-state index in [4.69, 9.17) is 16.3 Å². The summed E-state index contributed by atoms with van der Waals surface area (Å²) in [6.07, 6.45) is 0. The van der Waals surface area contributed by atoms with Gasteiger partial charge < -0.3 is 10.6 Å². The van der Waals surface area contributed by atoms with Gasteiger partial charge in [-0.2, -0.15) is 10.5 Å². The number of anilines is 1. The second-order valence-electron chi connectivity index (χ2n) is 3.64. The summed E-state index contributed by atoms with van der Waals surface area (Å²) < 4.78 is 13.8. The third-order valence-corrected chi connectivity index (χ3v) is 2.35. The Morgan fingerprint density at radius 2 is 1.94 bits per heavy atom. The Bertz CT molecular complexity index is 454. The van der Waals surface area contributed by atoms with Crippen molar-refractivity contribution in [2.24, 2.45) is 5.73 Å². The monoisotopic (exact) mass is 232 g/mol. The van der Waals surface area contributed by atoms with Crippen molar-refractivity contribution in [1.29, 1.82) is 10.5 Å². The summed E-state index contributed by atoms with van der Waals surface area (Å²) in [5, 5.41) is 17.4. The second-order valence-corrected chi connectivity index (χ2v) is 3.64. The lowest BCUT2D eigenvalue weighted by atomic mass is 10.1. The molecule has 0 amide bonds. The van der Waals surface area contributed by atoms with E-state index in [1.165, 1.54) is 11.0 Å². The average Bonchev–Trinajstić information content (AvgIpc) is 2.28. The zero-order chi connectivity index (χ0) is 12.8. The Labute approximate surface area is 99.7 Å². The van der Waals surface area contributed by atoms with Crippen LogP contribution in [0.15, 0.2) is 18.2 Å². The summed E-state index contributed by atoms with van der Waals surface area (Å²) in [7, 11) is 0. The third-order valence-electron chi connectivity index (χ3n) is 2.35. The largest absolute Gasteiger partial charge is 0.342 e. The minimum absolute atomic E-state index is 0.0474. The van der Waals surface area contributed by atoms with Crippen LogP contribution in [-0.2, 0) is 0 Å². The van der Waals surface area contributed by atoms with Gasteiger partial charge in [-0.15, -0.1) is 0 Å². The standard InChI is InChI=1S/C12H13FN4/c1-9(16)10-3-2-4-11(13)12(10)17(7-5-14)8-6-15/h2-4,9H,7-8,16H2,1H3/t9-/m1/s1. The van der Waals surface area contributed by atoms with Crippen LogP contribution in [0.2, 0.25) is 0 Å². The second kappa shape index (κ2) is 5.83. The summed E-state index contributed by atoms with van der Waals surface area (Å²) in [4.78, 5) is 1.38. The summed E-state index contributed by atoms with van der Waals surface area (Å²) in [6.45, 7) is 1.64. The summed E-state index contributed by atoms with van der Waals surface area (Å²) in [6, 6.07) is 8.02. The van der Waals surface area contributed by atoms with Crippen LogP contribution >= 0.6 is 0 Å². The highest BCUT2D eigenvalue weighted by atomic mass is 19.1. The maximum atomic E-state index is 13.8. The molecule has 1 aromatic rings. The van der Waals surface area contributed by atoms with Crippen molar-refractivity contribution in [2.75, 3.05) is 18.0 Å². The molecule has 4 nitrogen and oxygen atoms in total. The molecular formula is C12H13FN4. The van der Waals surface area contributed by atoms with Gasteiger partial charge in [-0.05, 0) is 18.6 Å². The van der Waals surface area contributed by atoms with Crippen LogP contribution in [0.5, 0.6) is 0 Å². The molecule has 88 valence electrons. The van der Waals surface area contributed by atoms with E-state index in [-0.39, 0.29) is 24.8 Å². The normalized spacial score (nSPS) is 11.4. The van der Waals surface area contributed by atoms with E-state index < -0.39 is 5.82 Å². The molecule has 1 aromatic carbocycles. The molecule has 0 aliphatic heterocycles. The molecule has 1 rings (SSSR count). The number of hydrogen-bond donors (Lipinski definition) is 1. The minimum atomic E-state index is -0.467. The molecular weight excluding hydrogens is 219 g/mol. The zero-order valence-electron chi connectivity index (χ0n) is 9.52. The van der Waals surface area contributed by atoms with E-state index in [2.05, 4.69) is 0 Å². The minimum Gasteiger partial charge on any atom is -0.342 e. The fraction of sp³-hybridized carbons (Fsp3) is 0.333. The van der Waals surface area contributed by atoms with Crippen LogP contribution < -0.4 is 10.6 Å². The Balaban J connectivity index is 3.26. The van der Waals surface area contributed by atoms with Gasteiger partial charge in [0.25, 0.3) is 0 Å². The van der Waals surface area contributed by atoms with Gasteiger partial charge in [-0.1, -0.05) is 12.1 Å². The number of nitrogens with zero attached hydrogens (tertiary/aromatic N) is 3. The van der Waals surface area contributed by atoms with Crippen molar-refractivity contribution in [3.8, 4) is 12.1 Å². The highest BCUT2D eigenvalue weighted by Gasteiger charge is 2.17. The molecule has 17 heavy (non-hydrogen) atoms. The van der Waals surface area contributed by atoms with Crippen molar-refractivity contribution in [3.05, 3.63) is 29.6 Å². The van der Waals surface area contributed by atoms with Gasteiger partial charge >= 0.3 is 0 Å². The molecule has 0 aliphatic rings. The highest BCUT2D eigenvalue weighted by molar-refractivity contribution is 5.57. The molecule has 0 unspecified atom stereocenters. The molecule has 5 heteroatoms. The molecule has 0 radical (unpaired) electrons. The van der Waals surface area contributed by atoms with Crippen LogP contribution in [0.4, 0.5) is 10.1 Å². The van der Waals surface area contributed by atoms with Gasteiger partial charge in [-0.25, -0.2) is 4.39 Å². The van der Waals surface area contributed by atoms with Crippen LogP contribution in [0.1, 0.15) is 18.5 Å². The van der Waals surface area contributed by atoms with E-state index >= 15 is 0 Å². The predicted molar refractivity (Wildman–Crippen MR) is 62.4 cm³/mol. The number of hydrogen-bond acceptors (Lipinski definition) is 4. The third kappa shape index (κ3) is 2.93. The van der Waals surface area contributed by atoms with Crippen molar-refractivity contribution in [1.82, 2.24) is 0 Å². The van der Waals surface area contributed by atoms with Crippen LogP contribution in [0, 0.1) is 28.5 Å². The molecule has 0 aromatic heterocycles. The quantitative estimate of drug-likeness (QED) is 0.801. The number of halogens is 1. The highest BCUT2D eigenvalue weighted by Crippen LogP contribution is 2.28. The number of benzene rings is 1. The van der Waals surface area contributed by atoms with E-state index in [0.717, 1.165) is 0 Å². The molecule has 0 bridgehead atoms. The van der Waals surface area contributed by atoms with Gasteiger partial charge in [0.05, 0.1) is 17.8 Å². The number of rotatable bonds is 4. The summed E-state index contributed by atoms with van der Waals surface area (Å²) >= 11 is 0. The Morgan fingerprint density at radius 3 is 2.41 bits per heavy atom. The Morgan fingerprint density at radius 1 is 1.35 bits per heavy atom. The number of nitriles is 2. The first-order chi connectivity index (χ1) is 8.11. The molecule has 0 spiro atoms. The molecule has 0 saturated carbocycles. The van der Waals surface area contributed by atoms with Crippen LogP contribution in [0.3, 0.4) is 0 Å². The summed E-state index contributed by atoms with van der Waals surface area (Å²) in [5.41, 5.74) is 6.59. The van der Waals surface area contributed by atoms with Gasteiger partial charge in [0.15, 0.2) is 0 Å². The number of nitrogens with two attached hydrogens (primary N) is 1. The van der Waals surface area contributed by atoms with E-state index in [1.54, 1.807) is 19.1 Å². The van der Waals surface area contributed by atoms with E-state index in [9.17, 15) is 4.39 Å². The maximum Gasteiger partial charge on any atom is 0.146 e. The smallest absolute Gasteiger partial charge is 0.146 e. The lowest BCUT2D eigenvalue weighted by Gasteiger charge is -2.23. The predicted octanol–water partition coefficient (Wildman–Crippen LogP) is 1.70. The van der Waals surface area contributed by atoms with Gasteiger partial charge in [0, 0.05) is 6.04 Å². The lowest BCUT2D eigenvalue weighted by Crippen LogP contribution is -2.27. The SMILES string of the molecule is C[C@@H](N)c1cccc(F)c1N(CC#N)CC#N. The molecule has 1 atom stereocenters.